The van der Waals surface area contributed by atoms with E-state index in [2.05, 4.69) is 93.7 Å². The average Bonchev–Trinajstić information content (AvgIpc) is 3.37. The Labute approximate surface area is 440 Å². The van der Waals surface area contributed by atoms with Crippen molar-refractivity contribution in [1.82, 2.24) is 0 Å². The van der Waals surface area contributed by atoms with Crippen LogP contribution in [-0.2, 0) is 28.6 Å². The van der Waals surface area contributed by atoms with E-state index in [0.717, 1.165) is 89.9 Å². The van der Waals surface area contributed by atoms with Gasteiger partial charge >= 0.3 is 17.9 Å². The zero-order valence-electron chi connectivity index (χ0n) is 47.0. The van der Waals surface area contributed by atoms with E-state index in [9.17, 15) is 14.4 Å². The summed E-state index contributed by atoms with van der Waals surface area (Å²) in [7, 11) is 0. The Hall–Kier alpha value is -3.15. The van der Waals surface area contributed by atoms with Crippen LogP contribution in [0.2, 0.25) is 0 Å². The number of carbonyl (C=O) groups is 3. The first kappa shape index (κ1) is 67.8. The molecule has 0 aliphatic carbocycles. The summed E-state index contributed by atoms with van der Waals surface area (Å²) in [6, 6.07) is 0. The average molecular weight is 992 g/mol. The molecule has 0 radical (unpaired) electrons. The number of hydrogen-bond acceptors (Lipinski definition) is 6. The van der Waals surface area contributed by atoms with Crippen molar-refractivity contribution >= 4 is 17.9 Å². The molecule has 0 aromatic carbocycles. The topological polar surface area (TPSA) is 78.9 Å². The van der Waals surface area contributed by atoms with Gasteiger partial charge in [0.2, 0.25) is 0 Å². The molecular formula is C65H114O6. The van der Waals surface area contributed by atoms with Gasteiger partial charge in [0.15, 0.2) is 6.10 Å². The maximum atomic E-state index is 12.9. The summed E-state index contributed by atoms with van der Waals surface area (Å²) in [6.07, 6.45) is 76.1. The van der Waals surface area contributed by atoms with Gasteiger partial charge in [-0.25, -0.2) is 0 Å². The molecule has 0 N–H and O–H groups in total. The van der Waals surface area contributed by atoms with Gasteiger partial charge in [-0.1, -0.05) is 261 Å². The summed E-state index contributed by atoms with van der Waals surface area (Å²) in [6.45, 7) is 6.57. The molecule has 0 heterocycles. The largest absolute Gasteiger partial charge is 0.462 e. The molecule has 0 fully saturated rings. The minimum atomic E-state index is -0.796. The van der Waals surface area contributed by atoms with Gasteiger partial charge in [0.05, 0.1) is 0 Å². The fourth-order valence-corrected chi connectivity index (χ4v) is 8.57. The highest BCUT2D eigenvalue weighted by Gasteiger charge is 2.19. The van der Waals surface area contributed by atoms with Crippen LogP contribution in [0.3, 0.4) is 0 Å². The lowest BCUT2D eigenvalue weighted by molar-refractivity contribution is -0.167. The molecular weight excluding hydrogens is 877 g/mol. The van der Waals surface area contributed by atoms with Crippen LogP contribution in [0, 0.1) is 0 Å². The van der Waals surface area contributed by atoms with Crippen LogP contribution in [0.5, 0.6) is 0 Å². The van der Waals surface area contributed by atoms with Crippen molar-refractivity contribution < 1.29 is 28.6 Å². The highest BCUT2D eigenvalue weighted by atomic mass is 16.6. The van der Waals surface area contributed by atoms with Crippen molar-refractivity contribution in [2.45, 2.75) is 309 Å². The third-order valence-corrected chi connectivity index (χ3v) is 13.2. The van der Waals surface area contributed by atoms with E-state index < -0.39 is 6.10 Å². The lowest BCUT2D eigenvalue weighted by Crippen LogP contribution is -2.30. The molecule has 0 spiro atoms. The highest BCUT2D eigenvalue weighted by Crippen LogP contribution is 2.16. The van der Waals surface area contributed by atoms with Crippen LogP contribution in [-0.4, -0.2) is 37.2 Å². The summed E-state index contributed by atoms with van der Waals surface area (Å²) in [5.74, 6) is -0.930. The van der Waals surface area contributed by atoms with E-state index in [1.165, 1.54) is 173 Å². The predicted molar refractivity (Wildman–Crippen MR) is 307 cm³/mol. The standard InChI is InChI=1S/C65H114O6/c1-4-7-10-13-16-19-22-25-28-30-32-34-37-40-43-46-49-52-55-58-64(67)70-61-62(60-69-63(66)57-54-51-48-45-42-39-36-27-24-21-18-15-12-9-6-3)71-65(68)59-56-53-50-47-44-41-38-35-33-31-29-26-23-20-17-14-11-8-5-2/h16,18-19,21,25,27-28,32,34,36,42,45,62H,4-15,17,20,22-24,26,29-31,33,35,37-41,43-44,46-61H2,1-3H3/b19-16-,21-18-,28-25-,34-32-,36-27-,45-42-/t62-/m1/s1. The highest BCUT2D eigenvalue weighted by molar-refractivity contribution is 5.71. The van der Waals surface area contributed by atoms with Crippen LogP contribution in [0.25, 0.3) is 0 Å². The van der Waals surface area contributed by atoms with Gasteiger partial charge in [-0.3, -0.25) is 14.4 Å². The van der Waals surface area contributed by atoms with Gasteiger partial charge < -0.3 is 14.2 Å². The molecule has 6 nitrogen and oxygen atoms in total. The van der Waals surface area contributed by atoms with E-state index in [1.807, 2.05) is 0 Å². The molecule has 0 bridgehead atoms. The van der Waals surface area contributed by atoms with Crippen molar-refractivity contribution in [1.29, 1.82) is 0 Å². The van der Waals surface area contributed by atoms with Gasteiger partial charge in [0.25, 0.3) is 0 Å². The molecule has 0 aliphatic rings. The van der Waals surface area contributed by atoms with E-state index in [-0.39, 0.29) is 31.1 Å². The van der Waals surface area contributed by atoms with E-state index >= 15 is 0 Å². The molecule has 0 saturated carbocycles. The summed E-state index contributed by atoms with van der Waals surface area (Å²) >= 11 is 0. The number of ether oxygens (including phenoxy) is 3. The Morgan fingerprint density at radius 2 is 0.507 bits per heavy atom. The molecule has 0 rings (SSSR count). The smallest absolute Gasteiger partial charge is 0.306 e. The van der Waals surface area contributed by atoms with Crippen molar-refractivity contribution in [2.75, 3.05) is 13.2 Å². The Morgan fingerprint density at radius 3 is 0.845 bits per heavy atom. The maximum absolute atomic E-state index is 12.9. The Bertz CT molecular complexity index is 1320. The fraction of sp³-hybridized carbons (Fsp3) is 0.769. The number of hydrogen-bond donors (Lipinski definition) is 0. The second-order valence-electron chi connectivity index (χ2n) is 20.3. The number of carbonyl (C=O) groups excluding carboxylic acids is 3. The first-order valence-electron chi connectivity index (χ1n) is 30.4. The zero-order chi connectivity index (χ0) is 51.4. The predicted octanol–water partition coefficient (Wildman–Crippen LogP) is 20.5. The van der Waals surface area contributed by atoms with Crippen molar-refractivity contribution in [3.8, 4) is 0 Å². The molecule has 410 valence electrons. The second-order valence-corrected chi connectivity index (χ2v) is 20.3. The van der Waals surface area contributed by atoms with Gasteiger partial charge in [0, 0.05) is 19.3 Å². The lowest BCUT2D eigenvalue weighted by atomic mass is 10.0. The van der Waals surface area contributed by atoms with Gasteiger partial charge in [-0.05, 0) is 96.3 Å². The van der Waals surface area contributed by atoms with E-state index in [4.69, 9.17) is 14.2 Å². The van der Waals surface area contributed by atoms with Gasteiger partial charge in [-0.15, -0.1) is 0 Å². The number of rotatable bonds is 55. The Kier molecular flexibility index (Phi) is 56.8. The van der Waals surface area contributed by atoms with Crippen molar-refractivity contribution in [2.24, 2.45) is 0 Å². The third kappa shape index (κ3) is 57.6. The molecule has 71 heavy (non-hydrogen) atoms. The van der Waals surface area contributed by atoms with E-state index in [0.29, 0.717) is 19.3 Å². The number of allylic oxidation sites excluding steroid dienone is 12. The molecule has 0 aromatic heterocycles. The third-order valence-electron chi connectivity index (χ3n) is 13.2. The quantitative estimate of drug-likeness (QED) is 0.0261. The Morgan fingerprint density at radius 1 is 0.282 bits per heavy atom. The summed E-state index contributed by atoms with van der Waals surface area (Å²) in [4.78, 5) is 38.2. The van der Waals surface area contributed by atoms with Gasteiger partial charge in [-0.2, -0.15) is 0 Å². The molecule has 0 aliphatic heterocycles. The van der Waals surface area contributed by atoms with Crippen molar-refractivity contribution in [3.05, 3.63) is 72.9 Å². The first-order chi connectivity index (χ1) is 35.0. The lowest BCUT2D eigenvalue weighted by Gasteiger charge is -2.18. The molecule has 6 heteroatoms. The second kappa shape index (κ2) is 59.4. The fourth-order valence-electron chi connectivity index (χ4n) is 8.57. The molecule has 0 aromatic rings. The summed E-state index contributed by atoms with van der Waals surface area (Å²) < 4.78 is 16.9. The Balaban J connectivity index is 4.42. The van der Waals surface area contributed by atoms with Crippen molar-refractivity contribution in [3.63, 3.8) is 0 Å². The van der Waals surface area contributed by atoms with Crippen LogP contribution in [0.1, 0.15) is 303 Å². The molecule has 0 saturated heterocycles. The maximum Gasteiger partial charge on any atom is 0.306 e. The van der Waals surface area contributed by atoms with Crippen LogP contribution >= 0.6 is 0 Å². The number of unbranched alkanes of at least 4 members (excludes halogenated alkanes) is 32. The molecule has 1 atom stereocenters. The first-order valence-corrected chi connectivity index (χ1v) is 30.4. The minimum Gasteiger partial charge on any atom is -0.462 e. The van der Waals surface area contributed by atoms with Crippen LogP contribution in [0.15, 0.2) is 72.9 Å². The molecule has 0 unspecified atom stereocenters. The monoisotopic (exact) mass is 991 g/mol. The SMILES string of the molecule is CCCCC/C=C\C/C=C\C/C=C\CCCCCCCCC(=O)OC[C@@H](COC(=O)CCCC/C=C\C/C=C\C/C=C\CCCCC)OC(=O)CCCCCCCCCCCCCCCCCCCCC. The molecule has 0 amide bonds. The van der Waals surface area contributed by atoms with E-state index in [1.54, 1.807) is 0 Å². The van der Waals surface area contributed by atoms with Crippen LogP contribution < -0.4 is 0 Å². The normalized spacial score (nSPS) is 12.5. The van der Waals surface area contributed by atoms with Gasteiger partial charge in [0.1, 0.15) is 13.2 Å². The number of esters is 3. The minimum absolute atomic E-state index is 0.0922. The zero-order valence-corrected chi connectivity index (χ0v) is 47.0. The summed E-state index contributed by atoms with van der Waals surface area (Å²) in [5, 5.41) is 0. The van der Waals surface area contributed by atoms with Crippen LogP contribution in [0.4, 0.5) is 0 Å². The summed E-state index contributed by atoms with van der Waals surface area (Å²) in [5.41, 5.74) is 0.